The molecule has 2 aliphatic heterocycles. The van der Waals surface area contributed by atoms with Crippen LogP contribution in [0.1, 0.15) is 24.5 Å². The molecule has 3 atom stereocenters. The molecule has 2 bridgehead atoms. The van der Waals surface area contributed by atoms with Crippen molar-refractivity contribution in [2.45, 2.75) is 31.2 Å². The van der Waals surface area contributed by atoms with Crippen LogP contribution in [0.25, 0.3) is 0 Å². The predicted octanol–water partition coefficient (Wildman–Crippen LogP) is 2.01. The summed E-state index contributed by atoms with van der Waals surface area (Å²) in [5.74, 6) is -1.35. The zero-order valence-electron chi connectivity index (χ0n) is 11.4. The lowest BCUT2D eigenvalue weighted by molar-refractivity contribution is -0.253. The van der Waals surface area contributed by atoms with E-state index in [-0.39, 0.29) is 11.9 Å². The normalized spacial score (nSPS) is 35.8. The number of carbonyl (C=O) groups excluding carboxylic acids is 1. The summed E-state index contributed by atoms with van der Waals surface area (Å²) in [5, 5.41) is 0. The van der Waals surface area contributed by atoms with Gasteiger partial charge in [-0.25, -0.2) is 0 Å². The molecular weight excluding hydrogens is 244 g/mol. The fourth-order valence-corrected chi connectivity index (χ4v) is 3.43. The predicted molar refractivity (Wildman–Crippen MR) is 68.4 cm³/mol. The first kappa shape index (κ1) is 12.6. The lowest BCUT2D eigenvalue weighted by Gasteiger charge is -2.39. The SMILES string of the molecule is COC(=O)[C@@H]1C[C@]2(OC)O[C@@]1(C)Cc1ccccc12. The minimum atomic E-state index is -0.817. The van der Waals surface area contributed by atoms with Gasteiger partial charge >= 0.3 is 5.97 Å². The molecule has 0 saturated carbocycles. The maximum absolute atomic E-state index is 12.0. The van der Waals surface area contributed by atoms with E-state index in [1.54, 1.807) is 7.11 Å². The molecule has 0 spiro atoms. The van der Waals surface area contributed by atoms with Gasteiger partial charge in [0.05, 0.1) is 18.6 Å². The molecule has 4 nitrogen and oxygen atoms in total. The summed E-state index contributed by atoms with van der Waals surface area (Å²) in [6, 6.07) is 8.06. The first-order chi connectivity index (χ1) is 9.04. The Morgan fingerprint density at radius 2 is 2.11 bits per heavy atom. The number of ether oxygens (including phenoxy) is 3. The third-order valence-electron chi connectivity index (χ3n) is 4.39. The number of esters is 1. The van der Waals surface area contributed by atoms with Crippen molar-refractivity contribution in [1.82, 2.24) is 0 Å². The molecular formula is C15H18O4. The van der Waals surface area contributed by atoms with Gasteiger partial charge in [-0.2, -0.15) is 0 Å². The summed E-state index contributed by atoms with van der Waals surface area (Å²) in [6.07, 6.45) is 1.21. The minimum Gasteiger partial charge on any atom is -0.469 e. The van der Waals surface area contributed by atoms with Crippen molar-refractivity contribution >= 4 is 5.97 Å². The number of carbonyl (C=O) groups is 1. The Kier molecular flexibility index (Phi) is 2.69. The minimum absolute atomic E-state index is 0.228. The quantitative estimate of drug-likeness (QED) is 0.765. The molecule has 0 radical (unpaired) electrons. The zero-order valence-corrected chi connectivity index (χ0v) is 11.4. The van der Waals surface area contributed by atoms with Gasteiger partial charge in [0.15, 0.2) is 5.79 Å². The van der Waals surface area contributed by atoms with E-state index in [9.17, 15) is 4.79 Å². The topological polar surface area (TPSA) is 44.8 Å². The Balaban J connectivity index is 2.11. The summed E-state index contributed by atoms with van der Waals surface area (Å²) in [7, 11) is 3.04. The van der Waals surface area contributed by atoms with Crippen molar-refractivity contribution in [2.75, 3.05) is 14.2 Å². The van der Waals surface area contributed by atoms with Crippen LogP contribution < -0.4 is 0 Å². The van der Waals surface area contributed by atoms with Gasteiger partial charge in [0.2, 0.25) is 0 Å². The molecule has 0 unspecified atom stereocenters. The van der Waals surface area contributed by atoms with E-state index in [0.717, 1.165) is 5.56 Å². The first-order valence-electron chi connectivity index (χ1n) is 6.46. The van der Waals surface area contributed by atoms with Crippen LogP contribution in [-0.2, 0) is 31.2 Å². The van der Waals surface area contributed by atoms with E-state index < -0.39 is 11.4 Å². The van der Waals surface area contributed by atoms with Crippen LogP contribution in [0.4, 0.5) is 0 Å². The van der Waals surface area contributed by atoms with Crippen molar-refractivity contribution in [1.29, 1.82) is 0 Å². The van der Waals surface area contributed by atoms with Crippen molar-refractivity contribution in [3.8, 4) is 0 Å². The molecule has 1 fully saturated rings. The van der Waals surface area contributed by atoms with E-state index in [0.29, 0.717) is 12.8 Å². The zero-order chi connectivity index (χ0) is 13.7. The summed E-state index contributed by atoms with van der Waals surface area (Å²) in [6.45, 7) is 1.96. The molecule has 0 amide bonds. The number of benzene rings is 1. The maximum atomic E-state index is 12.0. The molecule has 0 aliphatic carbocycles. The van der Waals surface area contributed by atoms with E-state index >= 15 is 0 Å². The molecule has 0 N–H and O–H groups in total. The number of fused-ring (bicyclic) bond motifs is 4. The standard InChI is InChI=1S/C15H18O4/c1-14-8-10-6-4-5-7-11(10)15(18-3,19-14)9-12(14)13(16)17-2/h4-7,12H,8-9H2,1-3H3/t12-,14-,15-/m0/s1. The summed E-state index contributed by atoms with van der Waals surface area (Å²) >= 11 is 0. The largest absolute Gasteiger partial charge is 0.469 e. The Bertz CT molecular complexity index is 527. The van der Waals surface area contributed by atoms with Crippen LogP contribution in [0.5, 0.6) is 0 Å². The number of methoxy groups -OCH3 is 2. The summed E-state index contributed by atoms with van der Waals surface area (Å²) < 4.78 is 16.7. The third-order valence-corrected chi connectivity index (χ3v) is 4.39. The lowest BCUT2D eigenvalue weighted by Crippen LogP contribution is -2.43. The molecule has 3 rings (SSSR count). The maximum Gasteiger partial charge on any atom is 0.311 e. The second-order valence-corrected chi connectivity index (χ2v) is 5.49. The van der Waals surface area contributed by atoms with E-state index in [1.807, 2.05) is 25.1 Å². The second kappa shape index (κ2) is 4.05. The number of hydrogen-bond acceptors (Lipinski definition) is 4. The van der Waals surface area contributed by atoms with Gasteiger partial charge in [-0.3, -0.25) is 4.79 Å². The first-order valence-corrected chi connectivity index (χ1v) is 6.46. The smallest absolute Gasteiger partial charge is 0.311 e. The van der Waals surface area contributed by atoms with Crippen molar-refractivity contribution < 1.29 is 19.0 Å². The van der Waals surface area contributed by atoms with E-state index in [2.05, 4.69) is 6.07 Å². The monoisotopic (exact) mass is 262 g/mol. The highest BCUT2D eigenvalue weighted by atomic mass is 16.7. The number of hydrogen-bond donors (Lipinski definition) is 0. The molecule has 4 heteroatoms. The van der Waals surface area contributed by atoms with Crippen LogP contribution in [-0.4, -0.2) is 25.8 Å². The Labute approximate surface area is 112 Å². The Hall–Kier alpha value is -1.39. The van der Waals surface area contributed by atoms with Crippen molar-refractivity contribution in [2.24, 2.45) is 5.92 Å². The second-order valence-electron chi connectivity index (χ2n) is 5.49. The third kappa shape index (κ3) is 1.63. The summed E-state index contributed by atoms with van der Waals surface area (Å²) in [5.41, 5.74) is 1.66. The van der Waals surface area contributed by atoms with E-state index in [1.165, 1.54) is 12.7 Å². The average Bonchev–Trinajstić information content (AvgIpc) is 2.67. The van der Waals surface area contributed by atoms with Crippen LogP contribution in [0.15, 0.2) is 24.3 Å². The Morgan fingerprint density at radius 3 is 2.79 bits per heavy atom. The van der Waals surface area contributed by atoms with Gasteiger partial charge in [0.25, 0.3) is 0 Å². The molecule has 1 aromatic carbocycles. The lowest BCUT2D eigenvalue weighted by atomic mass is 9.85. The van der Waals surface area contributed by atoms with Crippen LogP contribution in [0, 0.1) is 5.92 Å². The van der Waals surface area contributed by atoms with Crippen molar-refractivity contribution in [3.63, 3.8) is 0 Å². The molecule has 2 aliphatic rings. The Morgan fingerprint density at radius 1 is 1.37 bits per heavy atom. The highest BCUT2D eigenvalue weighted by molar-refractivity contribution is 5.75. The number of rotatable bonds is 2. The molecule has 19 heavy (non-hydrogen) atoms. The van der Waals surface area contributed by atoms with Gasteiger partial charge in [-0.05, 0) is 12.5 Å². The fourth-order valence-electron chi connectivity index (χ4n) is 3.43. The fraction of sp³-hybridized carbons (Fsp3) is 0.533. The van der Waals surface area contributed by atoms with Crippen molar-refractivity contribution in [3.05, 3.63) is 35.4 Å². The molecule has 102 valence electrons. The van der Waals surface area contributed by atoms with Gasteiger partial charge < -0.3 is 14.2 Å². The highest BCUT2D eigenvalue weighted by Crippen LogP contribution is 2.54. The van der Waals surface area contributed by atoms with Crippen LogP contribution >= 0.6 is 0 Å². The van der Waals surface area contributed by atoms with Crippen LogP contribution in [0.2, 0.25) is 0 Å². The van der Waals surface area contributed by atoms with Gasteiger partial charge in [0.1, 0.15) is 0 Å². The molecule has 1 saturated heterocycles. The molecule has 1 aromatic rings. The van der Waals surface area contributed by atoms with Gasteiger partial charge in [-0.1, -0.05) is 24.3 Å². The molecule has 0 aromatic heterocycles. The summed E-state index contributed by atoms with van der Waals surface area (Å²) in [4.78, 5) is 12.0. The van der Waals surface area contributed by atoms with Gasteiger partial charge in [0, 0.05) is 25.5 Å². The van der Waals surface area contributed by atoms with Gasteiger partial charge in [-0.15, -0.1) is 0 Å². The highest BCUT2D eigenvalue weighted by Gasteiger charge is 2.61. The van der Waals surface area contributed by atoms with Crippen LogP contribution in [0.3, 0.4) is 0 Å². The van der Waals surface area contributed by atoms with E-state index in [4.69, 9.17) is 14.2 Å². The average molecular weight is 262 g/mol. The molecule has 2 heterocycles.